The van der Waals surface area contributed by atoms with Gasteiger partial charge < -0.3 is 20.1 Å². The Balaban J connectivity index is 1.99. The smallest absolute Gasteiger partial charge is 0.231 e. The van der Waals surface area contributed by atoms with E-state index >= 15 is 0 Å². The highest BCUT2D eigenvalue weighted by atomic mass is 16.5. The molecule has 0 unspecified atom stereocenters. The molecule has 0 aliphatic carbocycles. The normalized spacial score (nSPS) is 24.4. The van der Waals surface area contributed by atoms with Gasteiger partial charge in [-0.15, -0.1) is 0 Å². The van der Waals surface area contributed by atoms with Gasteiger partial charge in [-0.25, -0.2) is 0 Å². The van der Waals surface area contributed by atoms with Gasteiger partial charge in [0.15, 0.2) is 0 Å². The maximum absolute atomic E-state index is 12.8. The van der Waals surface area contributed by atoms with Crippen LogP contribution in [0.15, 0.2) is 0 Å². The fourth-order valence-corrected chi connectivity index (χ4v) is 3.26. The van der Waals surface area contributed by atoms with E-state index < -0.39 is 0 Å². The zero-order chi connectivity index (χ0) is 13.7. The topological polar surface area (TPSA) is 61.8 Å². The van der Waals surface area contributed by atoms with Crippen LogP contribution >= 0.6 is 0 Å². The van der Waals surface area contributed by atoms with Crippen LogP contribution in [0.2, 0.25) is 0 Å². The number of carbonyl (C=O) groups is 1. The predicted molar refractivity (Wildman–Crippen MR) is 72.8 cm³/mol. The Morgan fingerprint density at radius 1 is 1.37 bits per heavy atom. The number of ether oxygens (including phenoxy) is 1. The molecule has 2 fully saturated rings. The highest BCUT2D eigenvalue weighted by molar-refractivity contribution is 5.83. The number of amides is 1. The van der Waals surface area contributed by atoms with E-state index in [-0.39, 0.29) is 17.9 Å². The third-order valence-corrected chi connectivity index (χ3v) is 4.59. The maximum atomic E-state index is 12.8. The summed E-state index contributed by atoms with van der Waals surface area (Å²) < 4.78 is 5.32. The highest BCUT2D eigenvalue weighted by Crippen LogP contribution is 2.33. The Hall–Kier alpha value is -0.650. The monoisotopic (exact) mass is 270 g/mol. The summed E-state index contributed by atoms with van der Waals surface area (Å²) in [6.07, 6.45) is 3.56. The summed E-state index contributed by atoms with van der Waals surface area (Å²) in [5, 5.41) is 12.5. The minimum Gasteiger partial charge on any atom is -0.396 e. The van der Waals surface area contributed by atoms with Crippen molar-refractivity contribution in [2.75, 3.05) is 46.5 Å². The van der Waals surface area contributed by atoms with Crippen molar-refractivity contribution in [3.63, 3.8) is 0 Å². The summed E-state index contributed by atoms with van der Waals surface area (Å²) in [5.41, 5.74) is -0.327. The van der Waals surface area contributed by atoms with Crippen LogP contribution in [0, 0.1) is 11.3 Å². The lowest BCUT2D eigenvalue weighted by Crippen LogP contribution is -2.53. The zero-order valence-corrected chi connectivity index (χ0v) is 11.9. The Labute approximate surface area is 115 Å². The molecule has 5 heteroatoms. The molecular weight excluding hydrogens is 244 g/mol. The van der Waals surface area contributed by atoms with Gasteiger partial charge in [0.1, 0.15) is 0 Å². The van der Waals surface area contributed by atoms with E-state index in [0.29, 0.717) is 12.5 Å². The van der Waals surface area contributed by atoms with Gasteiger partial charge in [0.25, 0.3) is 0 Å². The molecule has 2 saturated heterocycles. The van der Waals surface area contributed by atoms with Crippen molar-refractivity contribution in [3.8, 4) is 0 Å². The number of nitrogens with one attached hydrogen (secondary N) is 1. The minimum atomic E-state index is -0.327. The van der Waals surface area contributed by atoms with Gasteiger partial charge in [0.2, 0.25) is 5.91 Å². The molecule has 19 heavy (non-hydrogen) atoms. The molecular formula is C14H26N2O3. The fraction of sp³-hybridized carbons (Fsp3) is 0.929. The second-order valence-electron chi connectivity index (χ2n) is 5.88. The van der Waals surface area contributed by atoms with Crippen molar-refractivity contribution in [2.24, 2.45) is 11.3 Å². The van der Waals surface area contributed by atoms with Crippen LogP contribution in [-0.4, -0.2) is 62.4 Å². The molecule has 0 atom stereocenters. The first-order valence-corrected chi connectivity index (χ1v) is 7.32. The van der Waals surface area contributed by atoms with Gasteiger partial charge in [0.05, 0.1) is 12.0 Å². The molecule has 0 aromatic heterocycles. The number of rotatable bonds is 4. The van der Waals surface area contributed by atoms with Crippen molar-refractivity contribution in [1.82, 2.24) is 10.2 Å². The second kappa shape index (κ2) is 6.68. The van der Waals surface area contributed by atoms with Crippen molar-refractivity contribution in [3.05, 3.63) is 0 Å². The fourth-order valence-electron chi connectivity index (χ4n) is 3.26. The summed E-state index contributed by atoms with van der Waals surface area (Å²) in [4.78, 5) is 14.8. The van der Waals surface area contributed by atoms with Crippen LogP contribution < -0.4 is 5.32 Å². The third-order valence-electron chi connectivity index (χ3n) is 4.59. The van der Waals surface area contributed by atoms with Crippen LogP contribution in [0.3, 0.4) is 0 Å². The SMILES string of the molecule is COCC1(C(=O)N2CCC(CO)CC2)CCNCC1. The van der Waals surface area contributed by atoms with Crippen molar-refractivity contribution < 1.29 is 14.6 Å². The number of hydrogen-bond acceptors (Lipinski definition) is 4. The summed E-state index contributed by atoms with van der Waals surface area (Å²) in [6.45, 7) is 4.11. The quantitative estimate of drug-likeness (QED) is 0.768. The molecule has 2 aliphatic rings. The number of hydrogen-bond donors (Lipinski definition) is 2. The van der Waals surface area contributed by atoms with Crippen molar-refractivity contribution in [1.29, 1.82) is 0 Å². The summed E-state index contributed by atoms with van der Waals surface area (Å²) in [7, 11) is 1.68. The largest absolute Gasteiger partial charge is 0.396 e. The van der Waals surface area contributed by atoms with Crippen molar-refractivity contribution in [2.45, 2.75) is 25.7 Å². The molecule has 2 N–H and O–H groups in total. The Morgan fingerprint density at radius 3 is 2.53 bits per heavy atom. The van der Waals surface area contributed by atoms with E-state index in [1.807, 2.05) is 4.90 Å². The van der Waals surface area contributed by atoms with Gasteiger partial charge in [-0.1, -0.05) is 0 Å². The number of nitrogens with zero attached hydrogens (tertiary/aromatic N) is 1. The number of carbonyl (C=O) groups excluding carboxylic acids is 1. The Kier molecular flexibility index (Phi) is 5.19. The molecule has 1 amide bonds. The summed E-state index contributed by atoms with van der Waals surface area (Å²) in [5.74, 6) is 0.627. The molecule has 0 aromatic carbocycles. The molecule has 0 spiro atoms. The van der Waals surface area contributed by atoms with Crippen LogP contribution in [0.5, 0.6) is 0 Å². The summed E-state index contributed by atoms with van der Waals surface area (Å²) >= 11 is 0. The molecule has 5 nitrogen and oxygen atoms in total. The minimum absolute atomic E-state index is 0.245. The van der Waals surface area contributed by atoms with E-state index in [1.165, 1.54) is 0 Å². The highest BCUT2D eigenvalue weighted by Gasteiger charge is 2.42. The first kappa shape index (κ1) is 14.8. The van der Waals surface area contributed by atoms with E-state index in [4.69, 9.17) is 9.84 Å². The molecule has 0 radical (unpaired) electrons. The molecule has 2 rings (SSSR count). The van der Waals surface area contributed by atoms with Crippen LogP contribution in [0.1, 0.15) is 25.7 Å². The number of piperidine rings is 2. The lowest BCUT2D eigenvalue weighted by atomic mass is 9.77. The second-order valence-corrected chi connectivity index (χ2v) is 5.88. The predicted octanol–water partition coefficient (Wildman–Crippen LogP) is 0.234. The van der Waals surface area contributed by atoms with Crippen LogP contribution in [-0.2, 0) is 9.53 Å². The van der Waals surface area contributed by atoms with Gasteiger partial charge in [-0.05, 0) is 44.7 Å². The summed E-state index contributed by atoms with van der Waals surface area (Å²) in [6, 6.07) is 0. The van der Waals surface area contributed by atoms with Crippen molar-refractivity contribution >= 4 is 5.91 Å². The lowest BCUT2D eigenvalue weighted by Gasteiger charge is -2.41. The maximum Gasteiger partial charge on any atom is 0.231 e. The number of aliphatic hydroxyl groups excluding tert-OH is 1. The van der Waals surface area contributed by atoms with E-state index in [0.717, 1.165) is 51.9 Å². The number of likely N-dealkylation sites (tertiary alicyclic amines) is 1. The standard InChI is InChI=1S/C14H26N2O3/c1-19-11-14(4-6-15-7-5-14)13(18)16-8-2-12(10-17)3-9-16/h12,15,17H,2-11H2,1H3. The average Bonchev–Trinajstić information content (AvgIpc) is 2.48. The molecule has 2 heterocycles. The van der Waals surface area contributed by atoms with Gasteiger partial charge in [0, 0.05) is 26.8 Å². The molecule has 0 saturated carbocycles. The zero-order valence-electron chi connectivity index (χ0n) is 11.9. The third kappa shape index (κ3) is 3.27. The lowest BCUT2D eigenvalue weighted by molar-refractivity contribution is -0.149. The van der Waals surface area contributed by atoms with E-state index in [1.54, 1.807) is 7.11 Å². The molecule has 0 bridgehead atoms. The van der Waals surface area contributed by atoms with Gasteiger partial charge >= 0.3 is 0 Å². The average molecular weight is 270 g/mol. The van der Waals surface area contributed by atoms with Crippen LogP contribution in [0.4, 0.5) is 0 Å². The Morgan fingerprint density at radius 2 is 2.00 bits per heavy atom. The van der Waals surface area contributed by atoms with E-state index in [2.05, 4.69) is 5.32 Å². The Bertz CT molecular complexity index is 290. The first-order valence-electron chi connectivity index (χ1n) is 7.32. The van der Waals surface area contributed by atoms with E-state index in [9.17, 15) is 4.79 Å². The number of aliphatic hydroxyl groups is 1. The first-order chi connectivity index (χ1) is 9.22. The van der Waals surface area contributed by atoms with Crippen LogP contribution in [0.25, 0.3) is 0 Å². The number of methoxy groups -OCH3 is 1. The van der Waals surface area contributed by atoms with Gasteiger partial charge in [-0.2, -0.15) is 0 Å². The molecule has 110 valence electrons. The molecule has 2 aliphatic heterocycles. The van der Waals surface area contributed by atoms with Gasteiger partial charge in [-0.3, -0.25) is 4.79 Å². The molecule has 0 aromatic rings.